The maximum atomic E-state index is 11.7. The topological polar surface area (TPSA) is 69.8 Å². The number of aromatic amines is 1. The molecule has 1 atom stereocenters. The number of H-pyrrole nitrogens is 1. The molecule has 0 aromatic carbocycles. The zero-order valence-corrected chi connectivity index (χ0v) is 9.59. The van der Waals surface area contributed by atoms with Crippen molar-refractivity contribution in [3.8, 4) is 0 Å². The predicted octanol–water partition coefficient (Wildman–Crippen LogP) is 0.828. The highest BCUT2D eigenvalue weighted by atomic mass is 16.1. The molecule has 0 bridgehead atoms. The van der Waals surface area contributed by atoms with Gasteiger partial charge in [0.2, 0.25) is 0 Å². The minimum absolute atomic E-state index is 0.0837. The van der Waals surface area contributed by atoms with Crippen LogP contribution in [0.2, 0.25) is 0 Å². The molecule has 1 aromatic rings. The molecule has 5 heteroatoms. The molecule has 0 unspecified atom stereocenters. The normalized spacial score (nSPS) is 12.9. The Morgan fingerprint density at radius 2 is 2.13 bits per heavy atom. The quantitative estimate of drug-likeness (QED) is 0.689. The second-order valence-corrected chi connectivity index (χ2v) is 3.80. The lowest BCUT2D eigenvalue weighted by Gasteiger charge is -2.11. The first-order valence-corrected chi connectivity index (χ1v) is 5.07. The van der Waals surface area contributed by atoms with Crippen LogP contribution in [0, 0.1) is 0 Å². The van der Waals surface area contributed by atoms with E-state index >= 15 is 0 Å². The van der Waals surface area contributed by atoms with E-state index < -0.39 is 0 Å². The maximum Gasteiger partial charge on any atom is 0.272 e. The predicted molar refractivity (Wildman–Crippen MR) is 58.7 cm³/mol. The molecule has 0 spiro atoms. The molecule has 0 aliphatic carbocycles. The number of amides is 1. The number of carbonyl (C=O) groups is 1. The second kappa shape index (κ2) is 4.93. The molecule has 0 saturated carbocycles. The van der Waals surface area contributed by atoms with Crippen LogP contribution in [-0.4, -0.2) is 29.0 Å². The van der Waals surface area contributed by atoms with Crippen LogP contribution in [0.3, 0.4) is 0 Å². The number of nitrogens with zero attached hydrogens (tertiary/aromatic N) is 1. The summed E-state index contributed by atoms with van der Waals surface area (Å²) in [4.78, 5) is 18.7. The smallest absolute Gasteiger partial charge is 0.272 e. The summed E-state index contributed by atoms with van der Waals surface area (Å²) in [6.45, 7) is 5.82. The van der Waals surface area contributed by atoms with Crippen LogP contribution in [0.4, 0.5) is 0 Å². The number of carbonyl (C=O) groups excluding carboxylic acids is 1. The van der Waals surface area contributed by atoms with Crippen molar-refractivity contribution in [2.24, 2.45) is 0 Å². The van der Waals surface area contributed by atoms with Gasteiger partial charge in [-0.15, -0.1) is 0 Å². The molecule has 1 amide bonds. The van der Waals surface area contributed by atoms with E-state index in [-0.39, 0.29) is 18.0 Å². The lowest BCUT2D eigenvalue weighted by atomic mass is 10.2. The van der Waals surface area contributed by atoms with Crippen molar-refractivity contribution in [3.63, 3.8) is 0 Å². The number of nitrogens with one attached hydrogen (secondary N) is 3. The molecule has 0 radical (unpaired) electrons. The summed E-state index contributed by atoms with van der Waals surface area (Å²) in [6, 6.07) is 0.201. The third-order valence-electron chi connectivity index (χ3n) is 2.17. The molecule has 3 N–H and O–H groups in total. The van der Waals surface area contributed by atoms with Crippen LogP contribution in [0.15, 0.2) is 6.33 Å². The van der Waals surface area contributed by atoms with Crippen LogP contribution < -0.4 is 10.6 Å². The molecule has 0 saturated heterocycles. The van der Waals surface area contributed by atoms with Gasteiger partial charge in [0.15, 0.2) is 5.69 Å². The monoisotopic (exact) mass is 210 g/mol. The van der Waals surface area contributed by atoms with E-state index in [0.717, 1.165) is 5.69 Å². The molecular formula is C10H18N4O. The van der Waals surface area contributed by atoms with E-state index in [9.17, 15) is 4.79 Å². The first-order valence-electron chi connectivity index (χ1n) is 5.07. The van der Waals surface area contributed by atoms with Crippen LogP contribution in [0.1, 0.15) is 43.0 Å². The summed E-state index contributed by atoms with van der Waals surface area (Å²) in [7, 11) is 1.84. The zero-order chi connectivity index (χ0) is 11.4. The van der Waals surface area contributed by atoms with Gasteiger partial charge in [0, 0.05) is 12.1 Å². The minimum atomic E-state index is -0.136. The first kappa shape index (κ1) is 11.7. The molecule has 1 aromatic heterocycles. The van der Waals surface area contributed by atoms with Crippen molar-refractivity contribution in [1.29, 1.82) is 0 Å². The van der Waals surface area contributed by atoms with Crippen molar-refractivity contribution in [3.05, 3.63) is 17.7 Å². The minimum Gasteiger partial charge on any atom is -0.348 e. The summed E-state index contributed by atoms with van der Waals surface area (Å²) in [5.41, 5.74) is 1.28. The SMILES string of the molecule is CN[C@H](C)c1[nH]cnc1C(=O)NC(C)C. The standard InChI is InChI=1S/C10H18N4O/c1-6(2)14-10(15)9-8(7(3)11-4)12-5-13-9/h5-7,11H,1-4H3,(H,12,13)(H,14,15)/t7-/m1/s1. The molecule has 0 aliphatic heterocycles. The molecule has 1 heterocycles. The molecule has 0 fully saturated rings. The van der Waals surface area contributed by atoms with E-state index in [1.54, 1.807) is 6.33 Å². The number of rotatable bonds is 4. The number of hydrogen-bond donors (Lipinski definition) is 3. The van der Waals surface area contributed by atoms with Crippen LogP contribution in [0.25, 0.3) is 0 Å². The van der Waals surface area contributed by atoms with Crippen molar-refractivity contribution >= 4 is 5.91 Å². The highest BCUT2D eigenvalue weighted by molar-refractivity contribution is 5.93. The van der Waals surface area contributed by atoms with Gasteiger partial charge >= 0.3 is 0 Å². The molecule has 84 valence electrons. The number of imidazole rings is 1. The van der Waals surface area contributed by atoms with E-state index in [1.165, 1.54) is 0 Å². The Bertz CT molecular complexity index is 332. The van der Waals surface area contributed by atoms with E-state index in [2.05, 4.69) is 20.6 Å². The Morgan fingerprint density at radius 3 is 2.67 bits per heavy atom. The van der Waals surface area contributed by atoms with E-state index in [1.807, 2.05) is 27.8 Å². The highest BCUT2D eigenvalue weighted by Crippen LogP contribution is 2.12. The largest absolute Gasteiger partial charge is 0.348 e. The Hall–Kier alpha value is -1.36. The number of aromatic nitrogens is 2. The van der Waals surface area contributed by atoms with Crippen LogP contribution in [-0.2, 0) is 0 Å². The Balaban J connectivity index is 2.85. The van der Waals surface area contributed by atoms with Crippen molar-refractivity contribution in [2.75, 3.05) is 7.05 Å². The summed E-state index contributed by atoms with van der Waals surface area (Å²) in [5.74, 6) is -0.136. The van der Waals surface area contributed by atoms with Gasteiger partial charge in [-0.05, 0) is 27.8 Å². The third-order valence-corrected chi connectivity index (χ3v) is 2.17. The fourth-order valence-electron chi connectivity index (χ4n) is 1.29. The van der Waals surface area contributed by atoms with Gasteiger partial charge in [-0.25, -0.2) is 4.98 Å². The molecule has 0 aliphatic rings. The summed E-state index contributed by atoms with van der Waals surface area (Å²) >= 11 is 0. The lowest BCUT2D eigenvalue weighted by Crippen LogP contribution is -2.31. The average Bonchev–Trinajstić information content (AvgIpc) is 2.63. The zero-order valence-electron chi connectivity index (χ0n) is 9.59. The summed E-state index contributed by atoms with van der Waals surface area (Å²) in [6.07, 6.45) is 1.54. The van der Waals surface area contributed by atoms with Crippen molar-refractivity contribution in [1.82, 2.24) is 20.6 Å². The Kier molecular flexibility index (Phi) is 3.85. The highest BCUT2D eigenvalue weighted by Gasteiger charge is 2.18. The van der Waals surface area contributed by atoms with Gasteiger partial charge < -0.3 is 15.6 Å². The van der Waals surface area contributed by atoms with Gasteiger partial charge in [0.05, 0.1) is 12.0 Å². The second-order valence-electron chi connectivity index (χ2n) is 3.80. The maximum absolute atomic E-state index is 11.7. The van der Waals surface area contributed by atoms with Gasteiger partial charge in [0.25, 0.3) is 5.91 Å². The summed E-state index contributed by atoms with van der Waals surface area (Å²) < 4.78 is 0. The summed E-state index contributed by atoms with van der Waals surface area (Å²) in [5, 5.41) is 5.88. The Labute approximate surface area is 89.7 Å². The molecule has 5 nitrogen and oxygen atoms in total. The van der Waals surface area contributed by atoms with Crippen molar-refractivity contribution in [2.45, 2.75) is 32.9 Å². The lowest BCUT2D eigenvalue weighted by molar-refractivity contribution is 0.0937. The third kappa shape index (κ3) is 2.79. The van der Waals surface area contributed by atoms with Crippen LogP contribution >= 0.6 is 0 Å². The van der Waals surface area contributed by atoms with Gasteiger partial charge in [-0.1, -0.05) is 0 Å². The first-order chi connectivity index (χ1) is 7.06. The van der Waals surface area contributed by atoms with Gasteiger partial charge in [-0.3, -0.25) is 4.79 Å². The molecular weight excluding hydrogens is 192 g/mol. The van der Waals surface area contributed by atoms with Crippen LogP contribution in [0.5, 0.6) is 0 Å². The van der Waals surface area contributed by atoms with E-state index in [0.29, 0.717) is 5.69 Å². The fourth-order valence-corrected chi connectivity index (χ4v) is 1.29. The molecule has 15 heavy (non-hydrogen) atoms. The van der Waals surface area contributed by atoms with E-state index in [4.69, 9.17) is 0 Å². The molecule has 1 rings (SSSR count). The average molecular weight is 210 g/mol. The van der Waals surface area contributed by atoms with Gasteiger partial charge in [-0.2, -0.15) is 0 Å². The Morgan fingerprint density at radius 1 is 1.47 bits per heavy atom. The number of hydrogen-bond acceptors (Lipinski definition) is 3. The van der Waals surface area contributed by atoms with Crippen molar-refractivity contribution < 1.29 is 4.79 Å². The van der Waals surface area contributed by atoms with Gasteiger partial charge in [0.1, 0.15) is 0 Å². The fraction of sp³-hybridized carbons (Fsp3) is 0.600.